The molecule has 0 bridgehead atoms. The number of nitrogens with one attached hydrogen (secondary N) is 1. The molecular formula is C12H22N2OS. The summed E-state index contributed by atoms with van der Waals surface area (Å²) in [5.74, 6) is 1.90. The van der Waals surface area contributed by atoms with Crippen molar-refractivity contribution in [2.24, 2.45) is 10.9 Å². The second kappa shape index (κ2) is 5.92. The van der Waals surface area contributed by atoms with E-state index in [1.165, 1.54) is 12.8 Å². The molecule has 0 spiro atoms. The number of amidine groups is 1. The summed E-state index contributed by atoms with van der Waals surface area (Å²) in [5.41, 5.74) is 0. The number of thioether (sulfide) groups is 1. The van der Waals surface area contributed by atoms with Crippen molar-refractivity contribution in [3.8, 4) is 0 Å². The van der Waals surface area contributed by atoms with Gasteiger partial charge < -0.3 is 10.1 Å². The van der Waals surface area contributed by atoms with E-state index >= 15 is 0 Å². The van der Waals surface area contributed by atoms with E-state index in [0.29, 0.717) is 12.1 Å². The van der Waals surface area contributed by atoms with Crippen molar-refractivity contribution in [1.82, 2.24) is 5.32 Å². The van der Waals surface area contributed by atoms with Gasteiger partial charge in [0, 0.05) is 25.0 Å². The Morgan fingerprint density at radius 3 is 2.88 bits per heavy atom. The highest BCUT2D eigenvalue weighted by atomic mass is 32.2. The summed E-state index contributed by atoms with van der Waals surface area (Å²) in [7, 11) is 0. The van der Waals surface area contributed by atoms with E-state index in [9.17, 15) is 0 Å². The minimum absolute atomic E-state index is 0.533. The maximum Gasteiger partial charge on any atom is 0.157 e. The van der Waals surface area contributed by atoms with Gasteiger partial charge in [-0.2, -0.15) is 0 Å². The van der Waals surface area contributed by atoms with Gasteiger partial charge in [-0.25, -0.2) is 0 Å². The highest BCUT2D eigenvalue weighted by Crippen LogP contribution is 2.22. The van der Waals surface area contributed by atoms with Crippen LogP contribution in [0.25, 0.3) is 0 Å². The molecule has 2 aliphatic heterocycles. The third-order valence-corrected chi connectivity index (χ3v) is 4.56. The molecule has 2 heterocycles. The third-order valence-electron chi connectivity index (χ3n) is 3.51. The van der Waals surface area contributed by atoms with Gasteiger partial charge in [-0.05, 0) is 32.1 Å². The number of rotatable bonds is 3. The van der Waals surface area contributed by atoms with E-state index in [1.54, 1.807) is 0 Å². The molecule has 16 heavy (non-hydrogen) atoms. The Bertz CT molecular complexity index is 251. The predicted octanol–water partition coefficient (Wildman–Crippen LogP) is 2.27. The molecule has 4 heteroatoms. The molecule has 3 nitrogen and oxygen atoms in total. The summed E-state index contributed by atoms with van der Waals surface area (Å²) < 4.78 is 5.39. The molecule has 2 atom stereocenters. The zero-order chi connectivity index (χ0) is 11.4. The summed E-state index contributed by atoms with van der Waals surface area (Å²) in [5, 5.41) is 4.73. The topological polar surface area (TPSA) is 33.6 Å². The Morgan fingerprint density at radius 1 is 1.50 bits per heavy atom. The highest BCUT2D eigenvalue weighted by molar-refractivity contribution is 8.14. The van der Waals surface area contributed by atoms with Crippen molar-refractivity contribution in [3.63, 3.8) is 0 Å². The lowest BCUT2D eigenvalue weighted by atomic mass is 9.93. The van der Waals surface area contributed by atoms with Crippen LogP contribution in [0.4, 0.5) is 0 Å². The highest BCUT2D eigenvalue weighted by Gasteiger charge is 2.23. The first-order valence-electron chi connectivity index (χ1n) is 6.34. The number of aliphatic imine (C=N–C) groups is 1. The second-order valence-electron chi connectivity index (χ2n) is 4.69. The lowest BCUT2D eigenvalue weighted by Gasteiger charge is -2.28. The summed E-state index contributed by atoms with van der Waals surface area (Å²) >= 11 is 1.88. The standard InChI is InChI=1S/C12H22N2OS/c1-3-11-8-16-12(14-11)13-9(2)10-4-6-15-7-5-10/h9-11H,3-8H2,1-2H3,(H,13,14). The van der Waals surface area contributed by atoms with Crippen LogP contribution < -0.4 is 5.32 Å². The normalized spacial score (nSPS) is 28.9. The molecular weight excluding hydrogens is 220 g/mol. The molecule has 0 aromatic rings. The van der Waals surface area contributed by atoms with Crippen LogP contribution in [0.3, 0.4) is 0 Å². The van der Waals surface area contributed by atoms with E-state index in [4.69, 9.17) is 4.74 Å². The Labute approximate surface area is 102 Å². The fourth-order valence-corrected chi connectivity index (χ4v) is 3.39. The SMILES string of the molecule is CCC1CSC(NC(C)C2CCOCC2)=N1. The molecule has 1 saturated heterocycles. The molecule has 1 fully saturated rings. The molecule has 0 aromatic heterocycles. The smallest absolute Gasteiger partial charge is 0.157 e. The van der Waals surface area contributed by atoms with Crippen molar-refractivity contribution in [3.05, 3.63) is 0 Å². The van der Waals surface area contributed by atoms with Crippen LogP contribution in [-0.2, 0) is 4.74 Å². The first kappa shape index (κ1) is 12.2. The van der Waals surface area contributed by atoms with Crippen molar-refractivity contribution in [2.45, 2.75) is 45.2 Å². The van der Waals surface area contributed by atoms with Crippen molar-refractivity contribution >= 4 is 16.9 Å². The van der Waals surface area contributed by atoms with Gasteiger partial charge in [-0.15, -0.1) is 0 Å². The van der Waals surface area contributed by atoms with Crippen LogP contribution in [0.2, 0.25) is 0 Å². The minimum atomic E-state index is 0.533. The van der Waals surface area contributed by atoms with Gasteiger partial charge in [-0.1, -0.05) is 18.7 Å². The fourth-order valence-electron chi connectivity index (χ4n) is 2.23. The summed E-state index contributed by atoms with van der Waals surface area (Å²) in [6.45, 7) is 6.33. The monoisotopic (exact) mass is 242 g/mol. The van der Waals surface area contributed by atoms with Gasteiger partial charge in [0.15, 0.2) is 5.17 Å². The Morgan fingerprint density at radius 2 is 2.25 bits per heavy atom. The number of hydrogen-bond acceptors (Lipinski definition) is 4. The van der Waals surface area contributed by atoms with Gasteiger partial charge in [0.05, 0.1) is 6.04 Å². The predicted molar refractivity (Wildman–Crippen MR) is 70.1 cm³/mol. The first-order valence-corrected chi connectivity index (χ1v) is 7.33. The van der Waals surface area contributed by atoms with Crippen molar-refractivity contribution in [1.29, 1.82) is 0 Å². The average Bonchev–Trinajstić information content (AvgIpc) is 2.78. The zero-order valence-electron chi connectivity index (χ0n) is 10.2. The van der Waals surface area contributed by atoms with E-state index in [-0.39, 0.29) is 0 Å². The van der Waals surface area contributed by atoms with Gasteiger partial charge in [0.25, 0.3) is 0 Å². The molecule has 0 aliphatic carbocycles. The third kappa shape index (κ3) is 3.14. The fraction of sp³-hybridized carbons (Fsp3) is 0.917. The Hall–Kier alpha value is -0.220. The number of nitrogens with zero attached hydrogens (tertiary/aromatic N) is 1. The Balaban J connectivity index is 1.80. The maximum absolute atomic E-state index is 5.39. The molecule has 2 rings (SSSR count). The van der Waals surface area contributed by atoms with Gasteiger partial charge >= 0.3 is 0 Å². The molecule has 2 unspecified atom stereocenters. The molecule has 0 radical (unpaired) electrons. The Kier molecular flexibility index (Phi) is 4.53. The molecule has 1 N–H and O–H groups in total. The van der Waals surface area contributed by atoms with Crippen LogP contribution in [0, 0.1) is 5.92 Å². The van der Waals surface area contributed by atoms with E-state index in [0.717, 1.165) is 36.5 Å². The molecule has 0 aromatic carbocycles. The molecule has 92 valence electrons. The number of hydrogen-bond donors (Lipinski definition) is 1. The van der Waals surface area contributed by atoms with Crippen LogP contribution in [0.1, 0.15) is 33.1 Å². The van der Waals surface area contributed by atoms with Crippen molar-refractivity contribution in [2.75, 3.05) is 19.0 Å². The van der Waals surface area contributed by atoms with Crippen LogP contribution in [-0.4, -0.2) is 36.2 Å². The molecule has 0 saturated carbocycles. The van der Waals surface area contributed by atoms with Crippen LogP contribution >= 0.6 is 11.8 Å². The van der Waals surface area contributed by atoms with Crippen LogP contribution in [0.5, 0.6) is 0 Å². The van der Waals surface area contributed by atoms with E-state index in [2.05, 4.69) is 24.2 Å². The van der Waals surface area contributed by atoms with Gasteiger partial charge in [-0.3, -0.25) is 4.99 Å². The lowest BCUT2D eigenvalue weighted by molar-refractivity contribution is 0.0583. The largest absolute Gasteiger partial charge is 0.381 e. The summed E-state index contributed by atoms with van der Waals surface area (Å²) in [6, 6.07) is 1.07. The lowest BCUT2D eigenvalue weighted by Crippen LogP contribution is -2.38. The molecule has 0 amide bonds. The zero-order valence-corrected chi connectivity index (χ0v) is 11.1. The maximum atomic E-state index is 5.39. The van der Waals surface area contributed by atoms with Gasteiger partial charge in [0.1, 0.15) is 0 Å². The van der Waals surface area contributed by atoms with E-state index < -0.39 is 0 Å². The summed E-state index contributed by atoms with van der Waals surface area (Å²) in [4.78, 5) is 4.68. The van der Waals surface area contributed by atoms with Gasteiger partial charge in [0.2, 0.25) is 0 Å². The van der Waals surface area contributed by atoms with Crippen LogP contribution in [0.15, 0.2) is 4.99 Å². The first-order chi connectivity index (χ1) is 7.79. The van der Waals surface area contributed by atoms with E-state index in [1.807, 2.05) is 11.8 Å². The minimum Gasteiger partial charge on any atom is -0.381 e. The molecule has 2 aliphatic rings. The summed E-state index contributed by atoms with van der Waals surface area (Å²) in [6.07, 6.45) is 3.52. The number of ether oxygens (including phenoxy) is 1. The quantitative estimate of drug-likeness (QED) is 0.824. The second-order valence-corrected chi connectivity index (χ2v) is 5.70. The van der Waals surface area contributed by atoms with Crippen molar-refractivity contribution < 1.29 is 4.74 Å². The average molecular weight is 242 g/mol.